The van der Waals surface area contributed by atoms with Gasteiger partial charge in [-0.1, -0.05) is 0 Å². The molecule has 5 heteroatoms. The molecule has 0 unspecified atom stereocenters. The van der Waals surface area contributed by atoms with Gasteiger partial charge in [0.1, 0.15) is 0 Å². The predicted octanol–water partition coefficient (Wildman–Crippen LogP) is -1.12. The van der Waals surface area contributed by atoms with Crippen LogP contribution >= 0.6 is 0 Å². The van der Waals surface area contributed by atoms with Gasteiger partial charge < -0.3 is 0 Å². The van der Waals surface area contributed by atoms with Gasteiger partial charge in [-0.15, -0.1) is 0 Å². The van der Waals surface area contributed by atoms with Crippen LogP contribution < -0.4 is 0 Å². The Morgan fingerprint density at radius 3 is 2.00 bits per heavy atom. The molecule has 0 saturated carbocycles. The zero-order valence-corrected chi connectivity index (χ0v) is 5.07. The van der Waals surface area contributed by atoms with Gasteiger partial charge in [-0.05, 0) is 0 Å². The average molecular weight is 185 g/mol. The minimum atomic E-state index is -3.77. The van der Waals surface area contributed by atoms with Crippen molar-refractivity contribution in [2.45, 2.75) is 0 Å². The fraction of sp³-hybridized carbons (Fsp3) is 0. The van der Waals surface area contributed by atoms with E-state index in [0.717, 1.165) is 0 Å². The maximum atomic E-state index is 9.18. The summed E-state index contributed by atoms with van der Waals surface area (Å²) in [5.41, 5.74) is 0. The second-order valence-electron chi connectivity index (χ2n) is 0.357. The van der Waals surface area contributed by atoms with Crippen molar-refractivity contribution in [1.29, 1.82) is 0 Å². The summed E-state index contributed by atoms with van der Waals surface area (Å²) in [5.74, 6) is 0. The van der Waals surface area contributed by atoms with Crippen molar-refractivity contribution in [2.75, 3.05) is 0 Å². The number of rotatable bonds is 1. The van der Waals surface area contributed by atoms with Crippen LogP contribution in [-0.2, 0) is 6.30 Å². The van der Waals surface area contributed by atoms with Crippen molar-refractivity contribution < 1.29 is 15.0 Å². The van der Waals surface area contributed by atoms with Crippen molar-refractivity contribution in [2.24, 2.45) is 0 Å². The SMILES string of the molecule is [O]=[Sn]([OH])[O]O. The van der Waals surface area contributed by atoms with Gasteiger partial charge in [0.15, 0.2) is 0 Å². The third-order valence-corrected chi connectivity index (χ3v) is 0.524. The van der Waals surface area contributed by atoms with E-state index in [1.807, 2.05) is 0 Å². The molecule has 2 N–H and O–H groups in total. The van der Waals surface area contributed by atoms with Crippen LogP contribution in [0.25, 0.3) is 0 Å². The molecule has 0 aliphatic carbocycles. The van der Waals surface area contributed by atoms with Crippen LogP contribution in [0.5, 0.6) is 0 Å². The summed E-state index contributed by atoms with van der Waals surface area (Å²) in [5, 5.41) is 7.17. The summed E-state index contributed by atoms with van der Waals surface area (Å²) in [6, 6.07) is 0. The molecule has 0 atom stereocenters. The zero-order chi connectivity index (χ0) is 4.28. The molecule has 0 fully saturated rings. The van der Waals surface area contributed by atoms with E-state index in [1.165, 1.54) is 0 Å². The Morgan fingerprint density at radius 2 is 2.00 bits per heavy atom. The van der Waals surface area contributed by atoms with Crippen LogP contribution in [0.1, 0.15) is 0 Å². The molecule has 5 heavy (non-hydrogen) atoms. The fourth-order valence-electron chi connectivity index (χ4n) is 0. The van der Waals surface area contributed by atoms with E-state index < -0.39 is 20.6 Å². The van der Waals surface area contributed by atoms with E-state index in [1.54, 1.807) is 0 Å². The first kappa shape index (κ1) is 5.48. The Hall–Kier alpha value is 0.479. The Morgan fingerprint density at radius 1 is 1.80 bits per heavy atom. The van der Waals surface area contributed by atoms with E-state index in [4.69, 9.17) is 8.70 Å². The van der Waals surface area contributed by atoms with E-state index >= 15 is 0 Å². The quantitative estimate of drug-likeness (QED) is 0.308. The van der Waals surface area contributed by atoms with E-state index in [2.05, 4.69) is 3.22 Å². The van der Waals surface area contributed by atoms with Gasteiger partial charge in [0.05, 0.1) is 0 Å². The molecule has 0 aromatic rings. The van der Waals surface area contributed by atoms with Crippen LogP contribution in [-0.4, -0.2) is 29.3 Å². The van der Waals surface area contributed by atoms with Gasteiger partial charge in [0, 0.05) is 0 Å². The van der Waals surface area contributed by atoms with Crippen LogP contribution in [0.2, 0.25) is 0 Å². The Labute approximate surface area is 36.1 Å². The molecule has 0 heterocycles. The molecule has 0 aromatic carbocycles. The molecule has 4 nitrogen and oxygen atoms in total. The van der Waals surface area contributed by atoms with E-state index in [-0.39, 0.29) is 0 Å². The molecular weight excluding hydrogens is 183 g/mol. The predicted molar refractivity (Wildman–Crippen MR) is 12.4 cm³/mol. The van der Waals surface area contributed by atoms with Crippen LogP contribution in [0.4, 0.5) is 0 Å². The molecule has 30 valence electrons. The standard InChI is InChI=1S/H2O2.H2O.O.Sn/c1-2;;;/h1-2H;1H2;;/q;;;+2/p-2. The van der Waals surface area contributed by atoms with E-state index in [0.29, 0.717) is 0 Å². The van der Waals surface area contributed by atoms with Gasteiger partial charge in [0.2, 0.25) is 0 Å². The van der Waals surface area contributed by atoms with Gasteiger partial charge in [0.25, 0.3) is 0 Å². The molecule has 0 aliphatic rings. The van der Waals surface area contributed by atoms with Gasteiger partial charge >= 0.3 is 35.6 Å². The molecule has 0 aromatic heterocycles. The van der Waals surface area contributed by atoms with Crippen molar-refractivity contribution in [3.05, 3.63) is 0 Å². The summed E-state index contributed by atoms with van der Waals surface area (Å²) in [6.07, 6.45) is 0. The van der Waals surface area contributed by atoms with Crippen LogP contribution in [0, 0.1) is 0 Å². The Bertz CT molecular complexity index is 38.9. The molecule has 0 rings (SSSR count). The van der Waals surface area contributed by atoms with Crippen molar-refractivity contribution in [3.63, 3.8) is 0 Å². The molecular formula is H2O4Sn. The molecule has 0 aliphatic heterocycles. The van der Waals surface area contributed by atoms with Crippen molar-refractivity contribution >= 4 is 20.6 Å². The second kappa shape index (κ2) is 2.70. The van der Waals surface area contributed by atoms with Crippen molar-refractivity contribution in [1.82, 2.24) is 0 Å². The molecule has 0 spiro atoms. The minimum absolute atomic E-state index is 2.95. The normalized spacial score (nSPS) is 7.60. The summed E-state index contributed by atoms with van der Waals surface area (Å²) >= 11 is -3.77. The monoisotopic (exact) mass is 186 g/mol. The summed E-state index contributed by atoms with van der Waals surface area (Å²) < 4.78 is 19.7. The Balaban J connectivity index is 2.85. The fourth-order valence-corrected chi connectivity index (χ4v) is 0. The summed E-state index contributed by atoms with van der Waals surface area (Å²) in [4.78, 5) is 0. The Kier molecular flexibility index (Phi) is 2.96. The topological polar surface area (TPSA) is 66.8 Å². The van der Waals surface area contributed by atoms with Crippen LogP contribution in [0.3, 0.4) is 0 Å². The first-order chi connectivity index (χ1) is 2.27. The zero-order valence-electron chi connectivity index (χ0n) is 2.21. The maximum absolute atomic E-state index is 9.18. The van der Waals surface area contributed by atoms with Crippen LogP contribution in [0.15, 0.2) is 0 Å². The van der Waals surface area contributed by atoms with E-state index in [9.17, 15) is 3.08 Å². The average Bonchev–Trinajstić information content (AvgIpc) is 1.38. The van der Waals surface area contributed by atoms with Crippen molar-refractivity contribution in [3.8, 4) is 0 Å². The van der Waals surface area contributed by atoms with Gasteiger partial charge in [-0.2, -0.15) is 0 Å². The van der Waals surface area contributed by atoms with Gasteiger partial charge in [-0.25, -0.2) is 0 Å². The third kappa shape index (κ3) is 4.48. The summed E-state index contributed by atoms with van der Waals surface area (Å²) in [6.45, 7) is 0. The first-order valence-corrected chi connectivity index (χ1v) is 4.42. The molecule has 0 radical (unpaired) electrons. The number of hydrogen-bond donors (Lipinski definition) is 2. The molecule has 0 amide bonds. The first-order valence-electron chi connectivity index (χ1n) is 0.814. The third-order valence-electron chi connectivity index (χ3n) is 0.0781. The molecule has 0 saturated heterocycles. The summed E-state index contributed by atoms with van der Waals surface area (Å²) in [7, 11) is 0. The second-order valence-corrected chi connectivity index (χ2v) is 2.40. The van der Waals surface area contributed by atoms with Gasteiger partial charge in [-0.3, -0.25) is 0 Å². The molecule has 0 bridgehead atoms. The number of hydrogen-bond acceptors (Lipinski definition) is 3.